The van der Waals surface area contributed by atoms with Gasteiger partial charge in [-0.05, 0) is 47.4 Å². The first-order chi connectivity index (χ1) is 7.83. The fourth-order valence-corrected chi connectivity index (χ4v) is 2.68. The van der Waals surface area contributed by atoms with Gasteiger partial charge in [0, 0.05) is 25.3 Å². The summed E-state index contributed by atoms with van der Waals surface area (Å²) in [5.41, 5.74) is 0. The van der Waals surface area contributed by atoms with Crippen molar-refractivity contribution >= 4 is 21.7 Å². The fraction of sp³-hybridized carbons (Fsp3) is 0.583. The average Bonchev–Trinajstić information content (AvgIpc) is 2.80. The summed E-state index contributed by atoms with van der Waals surface area (Å²) in [5.74, 6) is 1.08. The summed E-state index contributed by atoms with van der Waals surface area (Å²) < 4.78 is 1.09. The highest BCUT2D eigenvalue weighted by atomic mass is 79.9. The Labute approximate surface area is 105 Å². The molecule has 16 heavy (non-hydrogen) atoms. The third-order valence-electron chi connectivity index (χ3n) is 2.95. The van der Waals surface area contributed by atoms with Crippen LogP contribution in [0, 0.1) is 0 Å². The summed E-state index contributed by atoms with van der Waals surface area (Å²) in [6, 6.07) is 4.61. The number of anilines is 1. The van der Waals surface area contributed by atoms with Crippen LogP contribution in [0.15, 0.2) is 22.8 Å². The number of aromatic nitrogens is 1. The molecule has 0 amide bonds. The van der Waals surface area contributed by atoms with Crippen molar-refractivity contribution in [3.05, 3.63) is 22.8 Å². The van der Waals surface area contributed by atoms with Crippen molar-refractivity contribution in [3.63, 3.8) is 0 Å². The van der Waals surface area contributed by atoms with E-state index in [1.54, 1.807) is 0 Å². The molecule has 0 saturated carbocycles. The zero-order chi connectivity index (χ0) is 11.4. The summed E-state index contributed by atoms with van der Waals surface area (Å²) in [4.78, 5) is 6.91. The Balaban J connectivity index is 2.21. The number of nitrogens with one attached hydrogen (secondary N) is 1. The number of rotatable bonds is 4. The first-order valence-electron chi connectivity index (χ1n) is 5.90. The van der Waals surface area contributed by atoms with Crippen LogP contribution in [0.2, 0.25) is 0 Å². The molecule has 2 rings (SSSR count). The quantitative estimate of drug-likeness (QED) is 0.920. The standard InChI is InChI=1S/C12H18BrN3/c1-2-8-16(10-5-7-14-9-10)12-11(13)4-3-6-15-12/h3-4,6,10,14H,2,5,7-9H2,1H3. The van der Waals surface area contributed by atoms with E-state index < -0.39 is 0 Å². The molecule has 1 fully saturated rings. The predicted molar refractivity (Wildman–Crippen MR) is 70.8 cm³/mol. The van der Waals surface area contributed by atoms with Crippen molar-refractivity contribution in [2.24, 2.45) is 0 Å². The molecule has 1 aromatic rings. The lowest BCUT2D eigenvalue weighted by atomic mass is 10.2. The van der Waals surface area contributed by atoms with Crippen molar-refractivity contribution < 1.29 is 0 Å². The maximum atomic E-state index is 4.49. The second kappa shape index (κ2) is 5.64. The van der Waals surface area contributed by atoms with Gasteiger partial charge in [0.1, 0.15) is 5.82 Å². The van der Waals surface area contributed by atoms with Crippen molar-refractivity contribution in [1.29, 1.82) is 0 Å². The van der Waals surface area contributed by atoms with E-state index in [-0.39, 0.29) is 0 Å². The molecular formula is C12H18BrN3. The topological polar surface area (TPSA) is 28.2 Å². The van der Waals surface area contributed by atoms with Crippen molar-refractivity contribution in [1.82, 2.24) is 10.3 Å². The van der Waals surface area contributed by atoms with E-state index in [1.165, 1.54) is 6.42 Å². The van der Waals surface area contributed by atoms with E-state index in [0.717, 1.165) is 36.3 Å². The van der Waals surface area contributed by atoms with Crippen LogP contribution in [-0.2, 0) is 0 Å². The Morgan fingerprint density at radius 2 is 2.50 bits per heavy atom. The molecule has 1 atom stereocenters. The minimum atomic E-state index is 0.589. The van der Waals surface area contributed by atoms with Crippen molar-refractivity contribution in [3.8, 4) is 0 Å². The highest BCUT2D eigenvalue weighted by Gasteiger charge is 2.23. The summed E-state index contributed by atoms with van der Waals surface area (Å²) in [5, 5.41) is 3.42. The SMILES string of the molecule is CCCN(c1ncccc1Br)C1CCNC1. The Bertz CT molecular complexity index is 337. The van der Waals surface area contributed by atoms with E-state index in [4.69, 9.17) is 0 Å². The normalized spacial score (nSPS) is 20.0. The van der Waals surface area contributed by atoms with E-state index in [0.29, 0.717) is 6.04 Å². The van der Waals surface area contributed by atoms with Gasteiger partial charge in [-0.15, -0.1) is 0 Å². The molecule has 0 radical (unpaired) electrons. The molecule has 1 unspecified atom stereocenters. The van der Waals surface area contributed by atoms with Crippen LogP contribution in [0.3, 0.4) is 0 Å². The molecule has 0 spiro atoms. The summed E-state index contributed by atoms with van der Waals surface area (Å²) >= 11 is 3.59. The predicted octanol–water partition coefficient (Wildman–Crippen LogP) is 2.42. The smallest absolute Gasteiger partial charge is 0.143 e. The van der Waals surface area contributed by atoms with Gasteiger partial charge < -0.3 is 10.2 Å². The van der Waals surface area contributed by atoms with E-state index in [1.807, 2.05) is 12.3 Å². The second-order valence-corrected chi connectivity index (χ2v) is 5.00. The van der Waals surface area contributed by atoms with Crippen molar-refractivity contribution in [2.45, 2.75) is 25.8 Å². The molecule has 0 aliphatic carbocycles. The third-order valence-corrected chi connectivity index (χ3v) is 3.57. The average molecular weight is 284 g/mol. The maximum absolute atomic E-state index is 4.49. The molecule has 1 saturated heterocycles. The van der Waals surface area contributed by atoms with E-state index >= 15 is 0 Å². The van der Waals surface area contributed by atoms with Gasteiger partial charge in [-0.2, -0.15) is 0 Å². The van der Waals surface area contributed by atoms with E-state index in [9.17, 15) is 0 Å². The number of hydrogen-bond donors (Lipinski definition) is 1. The Hall–Kier alpha value is -0.610. The molecule has 0 aromatic carbocycles. The lowest BCUT2D eigenvalue weighted by Gasteiger charge is -2.30. The van der Waals surface area contributed by atoms with Crippen LogP contribution in [0.4, 0.5) is 5.82 Å². The van der Waals surface area contributed by atoms with Gasteiger partial charge in [0.05, 0.1) is 4.47 Å². The first kappa shape index (κ1) is 11.9. The highest BCUT2D eigenvalue weighted by Crippen LogP contribution is 2.26. The monoisotopic (exact) mass is 283 g/mol. The van der Waals surface area contributed by atoms with Crippen molar-refractivity contribution in [2.75, 3.05) is 24.5 Å². The second-order valence-electron chi connectivity index (χ2n) is 4.15. The fourth-order valence-electron chi connectivity index (χ4n) is 2.20. The maximum Gasteiger partial charge on any atom is 0.143 e. The van der Waals surface area contributed by atoms with E-state index in [2.05, 4.69) is 44.1 Å². The van der Waals surface area contributed by atoms with Gasteiger partial charge in [-0.3, -0.25) is 0 Å². The van der Waals surface area contributed by atoms with Gasteiger partial charge in [0.2, 0.25) is 0 Å². The summed E-state index contributed by atoms with van der Waals surface area (Å²) in [6.45, 7) is 5.48. The molecule has 1 aliphatic heterocycles. The molecule has 1 N–H and O–H groups in total. The number of hydrogen-bond acceptors (Lipinski definition) is 3. The number of halogens is 1. The van der Waals surface area contributed by atoms with Gasteiger partial charge in [-0.25, -0.2) is 4.98 Å². The first-order valence-corrected chi connectivity index (χ1v) is 6.70. The van der Waals surface area contributed by atoms with Crippen LogP contribution in [-0.4, -0.2) is 30.7 Å². The minimum Gasteiger partial charge on any atom is -0.351 e. The number of pyridine rings is 1. The minimum absolute atomic E-state index is 0.589. The molecule has 2 heterocycles. The van der Waals surface area contributed by atoms with Gasteiger partial charge in [0.15, 0.2) is 0 Å². The molecule has 3 nitrogen and oxygen atoms in total. The lowest BCUT2D eigenvalue weighted by molar-refractivity contribution is 0.617. The molecule has 88 valence electrons. The summed E-state index contributed by atoms with van der Waals surface area (Å²) in [6.07, 6.45) is 4.23. The van der Waals surface area contributed by atoms with Gasteiger partial charge in [-0.1, -0.05) is 6.92 Å². The Morgan fingerprint density at radius 3 is 3.12 bits per heavy atom. The largest absolute Gasteiger partial charge is 0.351 e. The zero-order valence-electron chi connectivity index (χ0n) is 9.62. The van der Waals surface area contributed by atoms with Crippen LogP contribution in [0.25, 0.3) is 0 Å². The van der Waals surface area contributed by atoms with Crippen LogP contribution >= 0.6 is 15.9 Å². The molecular weight excluding hydrogens is 266 g/mol. The van der Waals surface area contributed by atoms with Crippen LogP contribution in [0.5, 0.6) is 0 Å². The van der Waals surface area contributed by atoms with Crippen LogP contribution in [0.1, 0.15) is 19.8 Å². The molecule has 0 bridgehead atoms. The van der Waals surface area contributed by atoms with Crippen LogP contribution < -0.4 is 10.2 Å². The number of nitrogens with zero attached hydrogens (tertiary/aromatic N) is 2. The molecule has 1 aliphatic rings. The molecule has 4 heteroatoms. The van der Waals surface area contributed by atoms with Gasteiger partial charge >= 0.3 is 0 Å². The lowest BCUT2D eigenvalue weighted by Crippen LogP contribution is -2.38. The summed E-state index contributed by atoms with van der Waals surface area (Å²) in [7, 11) is 0. The zero-order valence-corrected chi connectivity index (χ0v) is 11.2. The highest BCUT2D eigenvalue weighted by molar-refractivity contribution is 9.10. The van der Waals surface area contributed by atoms with Gasteiger partial charge in [0.25, 0.3) is 0 Å². The Kier molecular flexibility index (Phi) is 4.18. The Morgan fingerprint density at radius 1 is 1.62 bits per heavy atom. The third kappa shape index (κ3) is 2.55. The molecule has 1 aromatic heterocycles.